The van der Waals surface area contributed by atoms with Crippen molar-refractivity contribution in [3.05, 3.63) is 79.8 Å². The molecule has 0 aliphatic carbocycles. The maximum Gasteiger partial charge on any atom is 0.312 e. The number of hydrogen-bond donors (Lipinski definition) is 1. The molecule has 0 unspecified atom stereocenters. The van der Waals surface area contributed by atoms with Gasteiger partial charge in [0.1, 0.15) is 5.52 Å². The average Bonchev–Trinajstić information content (AvgIpc) is 3.12. The Hall–Kier alpha value is -3.42. The van der Waals surface area contributed by atoms with Crippen molar-refractivity contribution < 1.29 is 14.4 Å². The van der Waals surface area contributed by atoms with Crippen LogP contribution >= 0.6 is 23.2 Å². The maximum atomic E-state index is 11.0. The van der Waals surface area contributed by atoms with Gasteiger partial charge in [0.15, 0.2) is 5.58 Å². The van der Waals surface area contributed by atoms with E-state index in [-0.39, 0.29) is 10.6 Å². The highest BCUT2D eigenvalue weighted by atomic mass is 35.5. The summed E-state index contributed by atoms with van der Waals surface area (Å²) in [6.45, 7) is 1.96. The van der Waals surface area contributed by atoms with E-state index in [2.05, 4.69) is 9.98 Å². The van der Waals surface area contributed by atoms with Crippen LogP contribution in [0, 0.1) is 17.0 Å². The molecule has 0 saturated heterocycles. The number of fused-ring (bicyclic) bond motifs is 1. The fourth-order valence-corrected chi connectivity index (χ4v) is 3.32. The Labute approximate surface area is 180 Å². The lowest BCUT2D eigenvalue weighted by atomic mass is 10.1. The lowest BCUT2D eigenvalue weighted by Crippen LogP contribution is -1.92. The molecule has 0 aliphatic heterocycles. The Morgan fingerprint density at radius 3 is 2.73 bits per heavy atom. The van der Waals surface area contributed by atoms with Crippen molar-refractivity contribution >= 4 is 51.9 Å². The van der Waals surface area contributed by atoms with E-state index in [0.29, 0.717) is 33.3 Å². The standard InChI is InChI=1S/C21H13Cl2N3O4/c1-11-2-5-19-17(6-11)25-21(30-19)15-9-14(3-4-16(15)23)24-10-12-7-13(22)8-18(20(12)27)26(28)29/h2-10,27H,1H3. The zero-order valence-corrected chi connectivity index (χ0v) is 17.0. The maximum absolute atomic E-state index is 11.0. The second kappa shape index (κ2) is 7.78. The molecule has 0 spiro atoms. The molecule has 0 fully saturated rings. The number of phenolic OH excluding ortho intramolecular Hbond substituents is 1. The molecule has 150 valence electrons. The van der Waals surface area contributed by atoms with Gasteiger partial charge in [-0.25, -0.2) is 4.98 Å². The molecule has 0 bridgehead atoms. The second-order valence-corrected chi connectivity index (χ2v) is 7.38. The van der Waals surface area contributed by atoms with Crippen molar-refractivity contribution in [1.29, 1.82) is 0 Å². The fraction of sp³-hybridized carbons (Fsp3) is 0.0476. The molecule has 7 nitrogen and oxygen atoms in total. The molecule has 4 aromatic rings. The number of hydrogen-bond acceptors (Lipinski definition) is 6. The summed E-state index contributed by atoms with van der Waals surface area (Å²) in [6, 6.07) is 13.1. The second-order valence-electron chi connectivity index (χ2n) is 6.53. The van der Waals surface area contributed by atoms with E-state index in [1.165, 1.54) is 12.3 Å². The highest BCUT2D eigenvalue weighted by Gasteiger charge is 2.18. The van der Waals surface area contributed by atoms with E-state index in [4.69, 9.17) is 27.6 Å². The van der Waals surface area contributed by atoms with E-state index >= 15 is 0 Å². The van der Waals surface area contributed by atoms with Gasteiger partial charge in [-0.2, -0.15) is 0 Å². The van der Waals surface area contributed by atoms with Crippen LogP contribution in [0.2, 0.25) is 10.0 Å². The number of rotatable bonds is 4. The number of phenols is 1. The van der Waals surface area contributed by atoms with Gasteiger partial charge >= 0.3 is 5.69 Å². The van der Waals surface area contributed by atoms with Crippen LogP contribution in [0.25, 0.3) is 22.6 Å². The molecule has 0 atom stereocenters. The number of halogens is 2. The third kappa shape index (κ3) is 3.85. The Morgan fingerprint density at radius 1 is 1.17 bits per heavy atom. The molecular weight excluding hydrogens is 429 g/mol. The fourth-order valence-electron chi connectivity index (χ4n) is 2.90. The van der Waals surface area contributed by atoms with Gasteiger partial charge in [-0.05, 0) is 48.9 Å². The molecule has 1 aromatic heterocycles. The third-order valence-corrected chi connectivity index (χ3v) is 4.90. The number of aromatic hydroxyl groups is 1. The Bertz CT molecular complexity index is 1330. The van der Waals surface area contributed by atoms with Crippen LogP contribution in [0.4, 0.5) is 11.4 Å². The molecule has 1 N–H and O–H groups in total. The van der Waals surface area contributed by atoms with Crippen molar-refractivity contribution in [2.45, 2.75) is 6.92 Å². The minimum Gasteiger partial charge on any atom is -0.502 e. The van der Waals surface area contributed by atoms with Gasteiger partial charge in [0.05, 0.1) is 21.2 Å². The largest absolute Gasteiger partial charge is 0.502 e. The lowest BCUT2D eigenvalue weighted by Gasteiger charge is -2.03. The third-order valence-electron chi connectivity index (χ3n) is 4.36. The molecular formula is C21H13Cl2N3O4. The zero-order valence-electron chi connectivity index (χ0n) is 15.5. The Balaban J connectivity index is 1.72. The highest BCUT2D eigenvalue weighted by molar-refractivity contribution is 6.33. The van der Waals surface area contributed by atoms with Crippen molar-refractivity contribution in [3.63, 3.8) is 0 Å². The minimum absolute atomic E-state index is 0.111. The lowest BCUT2D eigenvalue weighted by molar-refractivity contribution is -0.385. The van der Waals surface area contributed by atoms with E-state index < -0.39 is 16.4 Å². The van der Waals surface area contributed by atoms with E-state index in [1.54, 1.807) is 18.2 Å². The summed E-state index contributed by atoms with van der Waals surface area (Å²) in [5.41, 5.74) is 3.05. The van der Waals surface area contributed by atoms with E-state index in [0.717, 1.165) is 11.6 Å². The smallest absolute Gasteiger partial charge is 0.312 e. The van der Waals surface area contributed by atoms with Crippen LogP contribution in [0.5, 0.6) is 5.75 Å². The van der Waals surface area contributed by atoms with Crippen LogP contribution in [-0.2, 0) is 0 Å². The summed E-state index contributed by atoms with van der Waals surface area (Å²) < 4.78 is 5.80. The number of oxazole rings is 1. The number of aromatic nitrogens is 1. The van der Waals surface area contributed by atoms with E-state index in [9.17, 15) is 15.2 Å². The molecule has 1 heterocycles. The predicted molar refractivity (Wildman–Crippen MR) is 116 cm³/mol. The molecule has 0 aliphatic rings. The SMILES string of the molecule is Cc1ccc2oc(-c3cc(N=Cc4cc(Cl)cc([N+](=O)[O-])c4O)ccc3Cl)nc2c1. The zero-order chi connectivity index (χ0) is 21.4. The number of nitro benzene ring substituents is 1. The first-order chi connectivity index (χ1) is 14.3. The van der Waals surface area contributed by atoms with Crippen molar-refractivity contribution in [3.8, 4) is 17.2 Å². The van der Waals surface area contributed by atoms with E-state index in [1.807, 2.05) is 25.1 Å². The molecule has 3 aromatic carbocycles. The van der Waals surface area contributed by atoms with Gasteiger partial charge in [0, 0.05) is 22.9 Å². The molecule has 0 radical (unpaired) electrons. The van der Waals surface area contributed by atoms with Crippen LogP contribution < -0.4 is 0 Å². The number of nitro groups is 1. The Kier molecular flexibility index (Phi) is 5.15. The topological polar surface area (TPSA) is 102 Å². The first-order valence-electron chi connectivity index (χ1n) is 8.70. The summed E-state index contributed by atoms with van der Waals surface area (Å²) in [5, 5.41) is 21.7. The molecule has 30 heavy (non-hydrogen) atoms. The quantitative estimate of drug-likeness (QED) is 0.222. The van der Waals surface area contributed by atoms with Crippen LogP contribution in [0.15, 0.2) is 57.9 Å². The molecule has 0 amide bonds. The summed E-state index contributed by atoms with van der Waals surface area (Å²) in [6.07, 6.45) is 1.29. The van der Waals surface area contributed by atoms with Gasteiger partial charge in [-0.15, -0.1) is 0 Å². The normalized spacial score (nSPS) is 11.4. The van der Waals surface area contributed by atoms with Crippen LogP contribution in [0.3, 0.4) is 0 Å². The predicted octanol–water partition coefficient (Wildman–Crippen LogP) is 6.47. The van der Waals surface area contributed by atoms with Gasteiger partial charge < -0.3 is 9.52 Å². The van der Waals surface area contributed by atoms with Gasteiger partial charge in [-0.3, -0.25) is 15.1 Å². The first kappa shape index (κ1) is 19.9. The van der Waals surface area contributed by atoms with Crippen LogP contribution in [0.1, 0.15) is 11.1 Å². The van der Waals surface area contributed by atoms with Gasteiger partial charge in [0.25, 0.3) is 0 Å². The average molecular weight is 442 g/mol. The summed E-state index contributed by atoms with van der Waals surface area (Å²) in [4.78, 5) is 19.1. The van der Waals surface area contributed by atoms with Crippen molar-refractivity contribution in [2.75, 3.05) is 0 Å². The molecule has 0 saturated carbocycles. The number of aliphatic imine (C=N–C) groups is 1. The molecule has 4 rings (SSSR count). The van der Waals surface area contributed by atoms with Crippen molar-refractivity contribution in [2.24, 2.45) is 4.99 Å². The number of benzene rings is 3. The summed E-state index contributed by atoms with van der Waals surface area (Å²) in [5.74, 6) is -0.171. The summed E-state index contributed by atoms with van der Waals surface area (Å²) >= 11 is 12.2. The summed E-state index contributed by atoms with van der Waals surface area (Å²) in [7, 11) is 0. The first-order valence-corrected chi connectivity index (χ1v) is 9.45. The molecule has 9 heteroatoms. The monoisotopic (exact) mass is 441 g/mol. The van der Waals surface area contributed by atoms with Crippen molar-refractivity contribution in [1.82, 2.24) is 4.98 Å². The highest BCUT2D eigenvalue weighted by Crippen LogP contribution is 2.35. The number of aryl methyl sites for hydroxylation is 1. The van der Waals surface area contributed by atoms with Crippen LogP contribution in [-0.4, -0.2) is 21.2 Å². The Morgan fingerprint density at radius 2 is 1.97 bits per heavy atom. The minimum atomic E-state index is -0.714. The van der Waals surface area contributed by atoms with Gasteiger partial charge in [0.2, 0.25) is 11.6 Å². The number of nitrogens with zero attached hydrogens (tertiary/aromatic N) is 3. The van der Waals surface area contributed by atoms with Gasteiger partial charge in [-0.1, -0.05) is 29.3 Å².